The molecule has 0 aliphatic rings. The zero-order valence-corrected chi connectivity index (χ0v) is 15.6. The van der Waals surface area contributed by atoms with Gasteiger partial charge in [0.1, 0.15) is 11.1 Å². The summed E-state index contributed by atoms with van der Waals surface area (Å²) in [5, 5.41) is 12.9. The van der Waals surface area contributed by atoms with E-state index < -0.39 is 0 Å². The number of aryl methyl sites for hydroxylation is 2. The Morgan fingerprint density at radius 1 is 1.35 bits per heavy atom. The molecule has 1 N–H and O–H groups in total. The van der Waals surface area contributed by atoms with E-state index in [1.54, 1.807) is 0 Å². The highest BCUT2D eigenvalue weighted by Crippen LogP contribution is 2.23. The van der Waals surface area contributed by atoms with Crippen LogP contribution in [-0.4, -0.2) is 22.7 Å². The summed E-state index contributed by atoms with van der Waals surface area (Å²) in [6.45, 7) is 10.3. The monoisotopic (exact) mass is 333 g/mol. The van der Waals surface area contributed by atoms with Crippen LogP contribution in [0.5, 0.6) is 0 Å². The van der Waals surface area contributed by atoms with Gasteiger partial charge in [-0.2, -0.15) is 5.26 Å². The van der Waals surface area contributed by atoms with E-state index in [1.807, 2.05) is 26.8 Å². The molecule has 0 aromatic carbocycles. The van der Waals surface area contributed by atoms with Crippen LogP contribution < -0.4 is 5.32 Å². The number of hydrogen-bond acceptors (Lipinski definition) is 4. The predicted molar refractivity (Wildman–Crippen MR) is 95.4 cm³/mol. The van der Waals surface area contributed by atoms with E-state index in [0.717, 1.165) is 24.1 Å². The van der Waals surface area contributed by atoms with Crippen molar-refractivity contribution >= 4 is 17.7 Å². The maximum absolute atomic E-state index is 12.1. The number of hydrogen-bond donors (Lipinski definition) is 1. The molecule has 126 valence electrons. The maximum atomic E-state index is 12.1. The van der Waals surface area contributed by atoms with Crippen molar-refractivity contribution in [2.24, 2.45) is 5.92 Å². The highest BCUT2D eigenvalue weighted by Gasteiger charge is 2.13. The van der Waals surface area contributed by atoms with Gasteiger partial charge in [-0.05, 0) is 44.7 Å². The number of nitrogens with zero attached hydrogens (tertiary/aromatic N) is 2. The Morgan fingerprint density at radius 3 is 2.65 bits per heavy atom. The van der Waals surface area contributed by atoms with Gasteiger partial charge in [-0.25, -0.2) is 4.98 Å². The molecule has 1 rings (SSSR count). The van der Waals surface area contributed by atoms with Crippen molar-refractivity contribution < 1.29 is 4.79 Å². The van der Waals surface area contributed by atoms with Gasteiger partial charge < -0.3 is 5.32 Å². The molecule has 4 nitrogen and oxygen atoms in total. The minimum Gasteiger partial charge on any atom is -0.353 e. The number of carbonyl (C=O) groups is 1. The summed E-state index contributed by atoms with van der Waals surface area (Å²) in [6, 6.07) is 4.25. The van der Waals surface area contributed by atoms with Crippen LogP contribution in [0.3, 0.4) is 0 Å². The van der Waals surface area contributed by atoms with Crippen LogP contribution >= 0.6 is 11.8 Å². The SMILES string of the molecule is Cc1cc(C)c(C#N)c(SCC(=O)N[C@@H](C)CCCC(C)C)n1. The lowest BCUT2D eigenvalue weighted by Gasteiger charge is -2.14. The highest BCUT2D eigenvalue weighted by atomic mass is 32.2. The third-order valence-corrected chi connectivity index (χ3v) is 4.56. The molecule has 5 heteroatoms. The van der Waals surface area contributed by atoms with Crippen molar-refractivity contribution in [2.45, 2.75) is 64.9 Å². The fraction of sp³-hybridized carbons (Fsp3) is 0.611. The first-order valence-electron chi connectivity index (χ1n) is 8.14. The Hall–Kier alpha value is -1.54. The lowest BCUT2D eigenvalue weighted by Crippen LogP contribution is -2.33. The number of nitrogens with one attached hydrogen (secondary N) is 1. The second-order valence-corrected chi connectivity index (χ2v) is 7.42. The lowest BCUT2D eigenvalue weighted by atomic mass is 10.0. The van der Waals surface area contributed by atoms with E-state index in [-0.39, 0.29) is 11.9 Å². The minimum absolute atomic E-state index is 0.00287. The van der Waals surface area contributed by atoms with Crippen molar-refractivity contribution in [1.29, 1.82) is 5.26 Å². The summed E-state index contributed by atoms with van der Waals surface area (Å²) in [7, 11) is 0. The van der Waals surface area contributed by atoms with Crippen LogP contribution in [0, 0.1) is 31.1 Å². The largest absolute Gasteiger partial charge is 0.353 e. The smallest absolute Gasteiger partial charge is 0.230 e. The molecule has 1 heterocycles. The average molecular weight is 334 g/mol. The van der Waals surface area contributed by atoms with Crippen LogP contribution in [0.1, 0.15) is 56.9 Å². The first kappa shape index (κ1) is 19.5. The molecule has 0 aliphatic carbocycles. The molecule has 0 spiro atoms. The number of thioether (sulfide) groups is 1. The Bertz CT molecular complexity index is 578. The number of carbonyl (C=O) groups excluding carboxylic acids is 1. The average Bonchev–Trinajstić information content (AvgIpc) is 2.44. The topological polar surface area (TPSA) is 65.8 Å². The van der Waals surface area contributed by atoms with Crippen LogP contribution in [0.25, 0.3) is 0 Å². The Morgan fingerprint density at radius 2 is 2.04 bits per heavy atom. The van der Waals surface area contributed by atoms with Gasteiger partial charge in [-0.1, -0.05) is 38.5 Å². The summed E-state index contributed by atoms with van der Waals surface area (Å²) in [5.41, 5.74) is 2.34. The fourth-order valence-electron chi connectivity index (χ4n) is 2.40. The van der Waals surface area contributed by atoms with Crippen molar-refractivity contribution in [3.05, 3.63) is 22.9 Å². The van der Waals surface area contributed by atoms with Crippen molar-refractivity contribution in [2.75, 3.05) is 5.75 Å². The van der Waals surface area contributed by atoms with Gasteiger partial charge in [0.05, 0.1) is 11.3 Å². The summed E-state index contributed by atoms with van der Waals surface area (Å²) in [4.78, 5) is 16.4. The number of pyridine rings is 1. The molecule has 0 aliphatic heterocycles. The number of amides is 1. The van der Waals surface area contributed by atoms with Crippen LogP contribution in [0.4, 0.5) is 0 Å². The summed E-state index contributed by atoms with van der Waals surface area (Å²) in [6.07, 6.45) is 3.32. The molecule has 1 aromatic heterocycles. The standard InChI is InChI=1S/C18H27N3OS/c1-12(2)7-6-8-14(4)20-17(22)11-23-18-16(10-19)13(3)9-15(5)21-18/h9,12,14H,6-8,11H2,1-5H3,(H,20,22)/t14-/m0/s1. The van der Waals surface area contributed by atoms with E-state index in [2.05, 4.69) is 30.2 Å². The molecule has 0 saturated heterocycles. The molecule has 0 fully saturated rings. The molecular formula is C18H27N3OS. The van der Waals surface area contributed by atoms with Crippen molar-refractivity contribution in [1.82, 2.24) is 10.3 Å². The van der Waals surface area contributed by atoms with E-state index in [0.29, 0.717) is 22.3 Å². The molecule has 1 aromatic rings. The number of aromatic nitrogens is 1. The second-order valence-electron chi connectivity index (χ2n) is 6.45. The Balaban J connectivity index is 2.49. The van der Waals surface area contributed by atoms with E-state index in [9.17, 15) is 10.1 Å². The van der Waals surface area contributed by atoms with Gasteiger partial charge in [0.15, 0.2) is 0 Å². The summed E-state index contributed by atoms with van der Waals surface area (Å²) in [5.74, 6) is 0.990. The molecule has 0 bridgehead atoms. The van der Waals surface area contributed by atoms with Crippen molar-refractivity contribution in [3.8, 4) is 6.07 Å². The predicted octanol–water partition coefficient (Wildman–Crippen LogP) is 3.99. The van der Waals surface area contributed by atoms with E-state index >= 15 is 0 Å². The van der Waals surface area contributed by atoms with Gasteiger partial charge in [0.25, 0.3) is 0 Å². The normalized spacial score (nSPS) is 12.0. The fourth-order valence-corrected chi connectivity index (χ4v) is 3.31. The molecule has 0 radical (unpaired) electrons. The van der Waals surface area contributed by atoms with Crippen molar-refractivity contribution in [3.63, 3.8) is 0 Å². The number of nitriles is 1. The van der Waals surface area contributed by atoms with E-state index in [1.165, 1.54) is 18.2 Å². The molecule has 23 heavy (non-hydrogen) atoms. The Kier molecular flexibility index (Phi) is 8.11. The van der Waals surface area contributed by atoms with Gasteiger partial charge in [-0.15, -0.1) is 0 Å². The molecular weight excluding hydrogens is 306 g/mol. The third-order valence-electron chi connectivity index (χ3n) is 3.59. The quantitative estimate of drug-likeness (QED) is 0.730. The minimum atomic E-state index is -0.00287. The zero-order valence-electron chi connectivity index (χ0n) is 14.8. The van der Waals surface area contributed by atoms with Gasteiger partial charge in [-0.3, -0.25) is 4.79 Å². The molecule has 1 atom stereocenters. The second kappa shape index (κ2) is 9.57. The van der Waals surface area contributed by atoms with E-state index in [4.69, 9.17) is 0 Å². The van der Waals surface area contributed by atoms with Gasteiger partial charge >= 0.3 is 0 Å². The first-order valence-corrected chi connectivity index (χ1v) is 9.12. The zero-order chi connectivity index (χ0) is 17.4. The summed E-state index contributed by atoms with van der Waals surface area (Å²) < 4.78 is 0. The van der Waals surface area contributed by atoms with Crippen LogP contribution in [-0.2, 0) is 4.79 Å². The molecule has 0 saturated carbocycles. The lowest BCUT2D eigenvalue weighted by molar-refractivity contribution is -0.119. The first-order chi connectivity index (χ1) is 10.8. The highest BCUT2D eigenvalue weighted by molar-refractivity contribution is 8.00. The Labute approximate surface area is 144 Å². The molecule has 0 unspecified atom stereocenters. The summed E-state index contributed by atoms with van der Waals surface area (Å²) >= 11 is 1.33. The number of rotatable bonds is 8. The van der Waals surface area contributed by atoms with Gasteiger partial charge in [0, 0.05) is 11.7 Å². The van der Waals surface area contributed by atoms with Crippen LogP contribution in [0.15, 0.2) is 11.1 Å². The molecule has 1 amide bonds. The van der Waals surface area contributed by atoms with Gasteiger partial charge in [0.2, 0.25) is 5.91 Å². The third kappa shape index (κ3) is 7.04. The maximum Gasteiger partial charge on any atom is 0.230 e. The van der Waals surface area contributed by atoms with Crippen LogP contribution in [0.2, 0.25) is 0 Å².